The minimum atomic E-state index is -0.609. The SMILES string of the molecule is NC(=O)c1ccccc1-c1c(-c2nccs2)noc1NC(=O)c1ccc(Cl)cc1. The lowest BCUT2D eigenvalue weighted by molar-refractivity contribution is 0.0998. The topological polar surface area (TPSA) is 111 Å². The van der Waals surface area contributed by atoms with E-state index in [2.05, 4.69) is 15.5 Å². The summed E-state index contributed by atoms with van der Waals surface area (Å²) in [6.45, 7) is 0. The van der Waals surface area contributed by atoms with Crippen LogP contribution in [0.2, 0.25) is 5.02 Å². The first-order valence-electron chi connectivity index (χ1n) is 8.40. The average Bonchev–Trinajstić information content (AvgIpc) is 3.38. The van der Waals surface area contributed by atoms with Crippen molar-refractivity contribution in [3.05, 3.63) is 76.3 Å². The maximum atomic E-state index is 12.7. The molecular formula is C20H13ClN4O3S. The lowest BCUT2D eigenvalue weighted by Crippen LogP contribution is -2.14. The van der Waals surface area contributed by atoms with Gasteiger partial charge in [-0.05, 0) is 30.3 Å². The molecular weight excluding hydrogens is 412 g/mol. The predicted molar refractivity (Wildman–Crippen MR) is 111 cm³/mol. The van der Waals surface area contributed by atoms with Crippen molar-refractivity contribution in [2.75, 3.05) is 5.32 Å². The second-order valence-electron chi connectivity index (χ2n) is 5.94. The number of primary amides is 1. The van der Waals surface area contributed by atoms with Crippen molar-refractivity contribution in [3.63, 3.8) is 0 Å². The Hall–Kier alpha value is -3.49. The Morgan fingerprint density at radius 3 is 2.55 bits per heavy atom. The molecule has 29 heavy (non-hydrogen) atoms. The summed E-state index contributed by atoms with van der Waals surface area (Å²) in [5.41, 5.74) is 7.52. The highest BCUT2D eigenvalue weighted by atomic mass is 35.5. The first kappa shape index (κ1) is 18.9. The van der Waals surface area contributed by atoms with Crippen molar-refractivity contribution >= 4 is 40.6 Å². The summed E-state index contributed by atoms with van der Waals surface area (Å²) in [7, 11) is 0. The molecule has 7 nitrogen and oxygen atoms in total. The van der Waals surface area contributed by atoms with Gasteiger partial charge in [0.25, 0.3) is 5.91 Å². The van der Waals surface area contributed by atoms with Gasteiger partial charge in [-0.25, -0.2) is 4.98 Å². The zero-order valence-electron chi connectivity index (χ0n) is 14.8. The lowest BCUT2D eigenvalue weighted by atomic mass is 9.99. The van der Waals surface area contributed by atoms with Crippen molar-refractivity contribution in [2.24, 2.45) is 5.73 Å². The molecule has 2 amide bonds. The van der Waals surface area contributed by atoms with Gasteiger partial charge in [0.2, 0.25) is 11.8 Å². The predicted octanol–water partition coefficient (Wildman–Crippen LogP) is 4.47. The largest absolute Gasteiger partial charge is 0.366 e. The fourth-order valence-corrected chi connectivity index (χ4v) is 3.55. The second kappa shape index (κ2) is 7.86. The van der Waals surface area contributed by atoms with E-state index in [0.29, 0.717) is 32.4 Å². The van der Waals surface area contributed by atoms with Crippen molar-refractivity contribution in [2.45, 2.75) is 0 Å². The maximum Gasteiger partial charge on any atom is 0.258 e. The number of aromatic nitrogens is 2. The van der Waals surface area contributed by atoms with Gasteiger partial charge in [-0.15, -0.1) is 11.3 Å². The number of benzene rings is 2. The van der Waals surface area contributed by atoms with E-state index in [1.54, 1.807) is 60.1 Å². The van der Waals surface area contributed by atoms with E-state index in [1.807, 2.05) is 0 Å². The molecule has 3 N–H and O–H groups in total. The normalized spacial score (nSPS) is 10.7. The number of carbonyl (C=O) groups excluding carboxylic acids is 2. The lowest BCUT2D eigenvalue weighted by Gasteiger charge is -2.09. The molecule has 0 radical (unpaired) electrons. The number of nitrogens with two attached hydrogens (primary N) is 1. The highest BCUT2D eigenvalue weighted by Crippen LogP contribution is 2.40. The number of amides is 2. The standard InChI is InChI=1S/C20H13ClN4O3S/c21-12-7-5-11(6-8-12)18(27)24-19-15(13-3-1-2-4-14(13)17(22)26)16(25-28-19)20-23-9-10-29-20/h1-10H,(H2,22,26)(H,24,27). The first-order valence-corrected chi connectivity index (χ1v) is 9.66. The number of carbonyl (C=O) groups is 2. The number of rotatable bonds is 5. The number of nitrogens with zero attached hydrogens (tertiary/aromatic N) is 2. The Kier molecular flexibility index (Phi) is 5.11. The second-order valence-corrected chi connectivity index (χ2v) is 7.27. The van der Waals surface area contributed by atoms with Crippen LogP contribution in [0.25, 0.3) is 21.8 Å². The summed E-state index contributed by atoms with van der Waals surface area (Å²) in [6.07, 6.45) is 1.63. The molecule has 0 unspecified atom stereocenters. The number of anilines is 1. The van der Waals surface area contributed by atoms with Gasteiger partial charge in [0.1, 0.15) is 5.01 Å². The third-order valence-electron chi connectivity index (χ3n) is 4.12. The van der Waals surface area contributed by atoms with E-state index >= 15 is 0 Å². The number of halogens is 1. The highest BCUT2D eigenvalue weighted by molar-refractivity contribution is 7.13. The van der Waals surface area contributed by atoms with Crippen LogP contribution in [0, 0.1) is 0 Å². The fraction of sp³-hybridized carbons (Fsp3) is 0. The van der Waals surface area contributed by atoms with Gasteiger partial charge in [-0.2, -0.15) is 0 Å². The van der Waals surface area contributed by atoms with Gasteiger partial charge in [0.05, 0.1) is 5.56 Å². The minimum absolute atomic E-state index is 0.0869. The molecule has 0 saturated heterocycles. The Morgan fingerprint density at radius 1 is 1.10 bits per heavy atom. The molecule has 0 atom stereocenters. The number of nitrogens with one attached hydrogen (secondary N) is 1. The van der Waals surface area contributed by atoms with Crippen molar-refractivity contribution in [1.29, 1.82) is 0 Å². The summed E-state index contributed by atoms with van der Waals surface area (Å²) >= 11 is 7.23. The van der Waals surface area contributed by atoms with Crippen LogP contribution in [-0.2, 0) is 0 Å². The Morgan fingerprint density at radius 2 is 1.86 bits per heavy atom. The van der Waals surface area contributed by atoms with Crippen LogP contribution < -0.4 is 11.1 Å². The molecule has 2 aromatic carbocycles. The van der Waals surface area contributed by atoms with Gasteiger partial charge >= 0.3 is 0 Å². The molecule has 4 rings (SSSR count). The van der Waals surface area contributed by atoms with Gasteiger partial charge in [-0.3, -0.25) is 14.9 Å². The number of hydrogen-bond donors (Lipinski definition) is 2. The first-order chi connectivity index (χ1) is 14.0. The highest BCUT2D eigenvalue weighted by Gasteiger charge is 2.25. The summed E-state index contributed by atoms with van der Waals surface area (Å²) in [4.78, 5) is 28.9. The van der Waals surface area contributed by atoms with Crippen LogP contribution in [-0.4, -0.2) is 22.0 Å². The summed E-state index contributed by atoms with van der Waals surface area (Å²) in [6, 6.07) is 13.2. The summed E-state index contributed by atoms with van der Waals surface area (Å²) in [5, 5.41) is 9.68. The summed E-state index contributed by atoms with van der Waals surface area (Å²) in [5.74, 6) is -0.938. The van der Waals surface area contributed by atoms with Crippen molar-refractivity contribution in [1.82, 2.24) is 10.1 Å². The third-order valence-corrected chi connectivity index (χ3v) is 5.15. The smallest absolute Gasteiger partial charge is 0.258 e. The van der Waals surface area contributed by atoms with E-state index in [1.165, 1.54) is 11.3 Å². The van der Waals surface area contributed by atoms with Crippen LogP contribution in [0.5, 0.6) is 0 Å². The molecule has 9 heteroatoms. The van der Waals surface area contributed by atoms with Crippen LogP contribution >= 0.6 is 22.9 Å². The minimum Gasteiger partial charge on any atom is -0.366 e. The number of thiazole rings is 1. The van der Waals surface area contributed by atoms with Gasteiger partial charge < -0.3 is 10.3 Å². The third kappa shape index (κ3) is 3.75. The van der Waals surface area contributed by atoms with Crippen LogP contribution in [0.15, 0.2) is 64.6 Å². The van der Waals surface area contributed by atoms with E-state index < -0.39 is 11.8 Å². The molecule has 0 aliphatic heterocycles. The molecule has 4 aromatic rings. The zero-order chi connectivity index (χ0) is 20.4. The van der Waals surface area contributed by atoms with Crippen molar-refractivity contribution < 1.29 is 14.1 Å². The van der Waals surface area contributed by atoms with Gasteiger partial charge in [0, 0.05) is 33.3 Å². The molecule has 0 bridgehead atoms. The molecule has 2 aromatic heterocycles. The van der Waals surface area contributed by atoms with Gasteiger partial charge in [-0.1, -0.05) is 35.0 Å². The molecule has 0 saturated carbocycles. The summed E-state index contributed by atoms with van der Waals surface area (Å²) < 4.78 is 5.43. The number of hydrogen-bond acceptors (Lipinski definition) is 6. The van der Waals surface area contributed by atoms with Crippen molar-refractivity contribution in [3.8, 4) is 21.8 Å². The Balaban J connectivity index is 1.82. The quantitative estimate of drug-likeness (QED) is 0.491. The monoisotopic (exact) mass is 424 g/mol. The molecule has 0 aliphatic rings. The maximum absolute atomic E-state index is 12.7. The van der Waals surface area contributed by atoms with Gasteiger partial charge in [0.15, 0.2) is 5.69 Å². The fourth-order valence-electron chi connectivity index (χ4n) is 2.80. The van der Waals surface area contributed by atoms with Crippen LogP contribution in [0.1, 0.15) is 20.7 Å². The average molecular weight is 425 g/mol. The molecule has 0 fully saturated rings. The van der Waals surface area contributed by atoms with E-state index in [9.17, 15) is 9.59 Å². The molecule has 0 spiro atoms. The molecule has 144 valence electrons. The Bertz CT molecular complexity index is 1190. The van der Waals surface area contributed by atoms with Crippen LogP contribution in [0.4, 0.5) is 5.88 Å². The van der Waals surface area contributed by atoms with Crippen LogP contribution in [0.3, 0.4) is 0 Å². The zero-order valence-corrected chi connectivity index (χ0v) is 16.3. The molecule has 0 aliphatic carbocycles. The van der Waals surface area contributed by atoms with E-state index in [4.69, 9.17) is 21.9 Å². The van der Waals surface area contributed by atoms with E-state index in [0.717, 1.165) is 0 Å². The molecule has 2 heterocycles. The Labute approximate surface area is 174 Å². The van der Waals surface area contributed by atoms with E-state index in [-0.39, 0.29) is 11.4 Å².